The summed E-state index contributed by atoms with van der Waals surface area (Å²) in [7, 11) is 0. The largest absolute Gasteiger partial charge is 0.490 e. The van der Waals surface area contributed by atoms with Gasteiger partial charge in [-0.2, -0.15) is 0 Å². The maximum absolute atomic E-state index is 13.2. The van der Waals surface area contributed by atoms with Gasteiger partial charge in [0.2, 0.25) is 5.76 Å². The molecule has 1 aliphatic heterocycles. The molecule has 1 aliphatic rings. The fourth-order valence-electron chi connectivity index (χ4n) is 3.30. The average Bonchev–Trinajstić information content (AvgIpc) is 3.41. The van der Waals surface area contributed by atoms with Crippen molar-refractivity contribution in [2.24, 2.45) is 0 Å². The number of ether oxygens (including phenoxy) is 2. The summed E-state index contributed by atoms with van der Waals surface area (Å²) >= 11 is 6.76. The van der Waals surface area contributed by atoms with E-state index in [4.69, 9.17) is 26.1 Å². The summed E-state index contributed by atoms with van der Waals surface area (Å²) < 4.78 is 16.7. The van der Waals surface area contributed by atoms with Crippen LogP contribution in [-0.2, 0) is 4.79 Å². The van der Waals surface area contributed by atoms with Gasteiger partial charge in [0.15, 0.2) is 15.8 Å². The summed E-state index contributed by atoms with van der Waals surface area (Å²) in [5.41, 5.74) is 3.53. The third-order valence-electron chi connectivity index (χ3n) is 4.89. The highest BCUT2D eigenvalue weighted by atomic mass is 32.2. The highest BCUT2D eigenvalue weighted by molar-refractivity contribution is 8.27. The van der Waals surface area contributed by atoms with Gasteiger partial charge in [0, 0.05) is 0 Å². The zero-order valence-corrected chi connectivity index (χ0v) is 19.9. The molecule has 168 valence electrons. The topological polar surface area (TPSA) is 69.0 Å². The molecule has 0 N–H and O–H groups in total. The van der Waals surface area contributed by atoms with Crippen LogP contribution < -0.4 is 14.4 Å². The monoisotopic (exact) mass is 479 g/mol. The third kappa shape index (κ3) is 4.86. The van der Waals surface area contributed by atoms with Crippen LogP contribution in [0.5, 0.6) is 11.5 Å². The number of nitrogens with zero attached hydrogens (tertiary/aromatic N) is 1. The lowest BCUT2D eigenvalue weighted by Gasteiger charge is -2.17. The van der Waals surface area contributed by atoms with E-state index in [0.717, 1.165) is 22.4 Å². The van der Waals surface area contributed by atoms with Gasteiger partial charge in [-0.1, -0.05) is 42.2 Å². The Hall–Kier alpha value is -3.36. The van der Waals surface area contributed by atoms with Crippen LogP contribution in [0.15, 0.2) is 64.1 Å². The zero-order chi connectivity index (χ0) is 23.5. The molecule has 0 spiro atoms. The first-order chi connectivity index (χ1) is 15.9. The number of benzene rings is 2. The number of carbonyl (C=O) groups is 2. The second kappa shape index (κ2) is 9.64. The van der Waals surface area contributed by atoms with E-state index in [0.29, 0.717) is 21.6 Å². The van der Waals surface area contributed by atoms with E-state index >= 15 is 0 Å². The highest BCUT2D eigenvalue weighted by Crippen LogP contribution is 2.38. The second-order valence-electron chi connectivity index (χ2n) is 7.31. The molecular formula is C25H21NO5S2. The SMILES string of the molecule is CCOc1cc(C=C2SC(=S)N(c3cc(C)ccc3C)C2=O)ccc1OC(=O)c1ccco1. The van der Waals surface area contributed by atoms with Gasteiger partial charge in [0.05, 0.1) is 23.5 Å². The quantitative estimate of drug-likeness (QED) is 0.188. The number of rotatable bonds is 6. The highest BCUT2D eigenvalue weighted by Gasteiger charge is 2.34. The number of hydrogen-bond acceptors (Lipinski definition) is 7. The molecule has 33 heavy (non-hydrogen) atoms. The van der Waals surface area contributed by atoms with Crippen LogP contribution >= 0.6 is 24.0 Å². The molecule has 3 aromatic rings. The van der Waals surface area contributed by atoms with Crippen LogP contribution in [0, 0.1) is 13.8 Å². The van der Waals surface area contributed by atoms with Crippen molar-refractivity contribution in [3.8, 4) is 11.5 Å². The Kier molecular flexibility index (Phi) is 6.67. The summed E-state index contributed by atoms with van der Waals surface area (Å²) in [6.07, 6.45) is 3.16. The minimum Gasteiger partial charge on any atom is -0.490 e. The maximum Gasteiger partial charge on any atom is 0.379 e. The number of thioether (sulfide) groups is 1. The van der Waals surface area contributed by atoms with Crippen molar-refractivity contribution in [3.05, 3.63) is 82.1 Å². The van der Waals surface area contributed by atoms with Crippen molar-refractivity contribution in [1.82, 2.24) is 0 Å². The van der Waals surface area contributed by atoms with Crippen LogP contribution in [-0.4, -0.2) is 22.8 Å². The molecule has 0 atom stereocenters. The van der Waals surface area contributed by atoms with Crippen molar-refractivity contribution < 1.29 is 23.5 Å². The van der Waals surface area contributed by atoms with Crippen molar-refractivity contribution >= 4 is 51.9 Å². The molecule has 8 heteroatoms. The van der Waals surface area contributed by atoms with E-state index in [-0.39, 0.29) is 17.4 Å². The number of amides is 1. The Morgan fingerprint density at radius 2 is 1.97 bits per heavy atom. The average molecular weight is 480 g/mol. The zero-order valence-electron chi connectivity index (χ0n) is 18.3. The van der Waals surface area contributed by atoms with E-state index in [1.165, 1.54) is 24.1 Å². The molecule has 6 nitrogen and oxygen atoms in total. The normalized spacial score (nSPS) is 14.8. The molecule has 0 bridgehead atoms. The molecular weight excluding hydrogens is 458 g/mol. The molecule has 1 fully saturated rings. The summed E-state index contributed by atoms with van der Waals surface area (Å²) in [6.45, 7) is 6.14. The second-order valence-corrected chi connectivity index (χ2v) is 8.99. The maximum atomic E-state index is 13.2. The first-order valence-electron chi connectivity index (χ1n) is 10.2. The summed E-state index contributed by atoms with van der Waals surface area (Å²) in [6, 6.07) is 14.2. The Balaban J connectivity index is 1.61. The minimum absolute atomic E-state index is 0.0941. The van der Waals surface area contributed by atoms with E-state index in [1.807, 2.05) is 39.0 Å². The lowest BCUT2D eigenvalue weighted by Crippen LogP contribution is -2.28. The standard InChI is InChI=1S/C25H21NO5S2/c1-4-29-21-13-17(9-10-19(21)31-24(28)20-6-5-11-30-20)14-22-23(27)26(25(32)33-22)18-12-15(2)7-8-16(18)3/h5-14H,4H2,1-3H3. The molecule has 1 aromatic heterocycles. The molecule has 4 rings (SSSR count). The molecule has 0 unspecified atom stereocenters. The van der Waals surface area contributed by atoms with Crippen LogP contribution in [0.3, 0.4) is 0 Å². The van der Waals surface area contributed by atoms with Gasteiger partial charge in [-0.15, -0.1) is 0 Å². The first kappa shape index (κ1) is 22.8. The first-order valence-corrected chi connectivity index (χ1v) is 11.5. The van der Waals surface area contributed by atoms with Crippen LogP contribution in [0.1, 0.15) is 34.2 Å². The summed E-state index contributed by atoms with van der Waals surface area (Å²) in [4.78, 5) is 27.5. The molecule has 0 aliphatic carbocycles. The van der Waals surface area contributed by atoms with Gasteiger partial charge < -0.3 is 13.9 Å². The van der Waals surface area contributed by atoms with E-state index < -0.39 is 5.97 Å². The third-order valence-corrected chi connectivity index (χ3v) is 6.19. The smallest absolute Gasteiger partial charge is 0.379 e. The van der Waals surface area contributed by atoms with Crippen LogP contribution in [0.4, 0.5) is 5.69 Å². The molecule has 1 saturated heterocycles. The van der Waals surface area contributed by atoms with Crippen LogP contribution in [0.25, 0.3) is 6.08 Å². The predicted molar refractivity (Wildman–Crippen MR) is 133 cm³/mol. The van der Waals surface area contributed by atoms with Gasteiger partial charge in [-0.25, -0.2) is 4.79 Å². The molecule has 2 aromatic carbocycles. The Morgan fingerprint density at radius 3 is 2.70 bits per heavy atom. The van der Waals surface area contributed by atoms with Crippen LogP contribution in [0.2, 0.25) is 0 Å². The fraction of sp³-hybridized carbons (Fsp3) is 0.160. The number of aryl methyl sites for hydroxylation is 2. The van der Waals surface area contributed by atoms with Crippen molar-refractivity contribution in [1.29, 1.82) is 0 Å². The molecule has 2 heterocycles. The van der Waals surface area contributed by atoms with Gasteiger partial charge in [0.25, 0.3) is 5.91 Å². The Labute approximate surface area is 201 Å². The number of furan rings is 1. The fourth-order valence-corrected chi connectivity index (χ4v) is 4.58. The van der Waals surface area contributed by atoms with Gasteiger partial charge in [-0.05, 0) is 73.9 Å². The van der Waals surface area contributed by atoms with Crippen molar-refractivity contribution in [2.45, 2.75) is 20.8 Å². The Bertz CT molecular complexity index is 1260. The summed E-state index contributed by atoms with van der Waals surface area (Å²) in [5.74, 6) is -0.0563. The molecule has 0 radical (unpaired) electrons. The number of carbonyl (C=O) groups excluding carboxylic acids is 2. The Morgan fingerprint density at radius 1 is 1.15 bits per heavy atom. The summed E-state index contributed by atoms with van der Waals surface area (Å²) in [5, 5.41) is 0. The number of hydrogen-bond donors (Lipinski definition) is 0. The lowest BCUT2D eigenvalue weighted by atomic mass is 10.1. The van der Waals surface area contributed by atoms with E-state index in [1.54, 1.807) is 35.2 Å². The minimum atomic E-state index is -0.622. The molecule has 1 amide bonds. The number of thiocarbonyl (C=S) groups is 1. The predicted octanol–water partition coefficient (Wildman–Crippen LogP) is 5.92. The number of esters is 1. The van der Waals surface area contributed by atoms with Gasteiger partial charge >= 0.3 is 5.97 Å². The van der Waals surface area contributed by atoms with Crippen molar-refractivity contribution in [3.63, 3.8) is 0 Å². The van der Waals surface area contributed by atoms with E-state index in [2.05, 4.69) is 0 Å². The lowest BCUT2D eigenvalue weighted by molar-refractivity contribution is -0.113. The van der Waals surface area contributed by atoms with Gasteiger partial charge in [0.1, 0.15) is 0 Å². The molecule has 0 saturated carbocycles. The number of anilines is 1. The van der Waals surface area contributed by atoms with Crippen molar-refractivity contribution in [2.75, 3.05) is 11.5 Å². The van der Waals surface area contributed by atoms with E-state index in [9.17, 15) is 9.59 Å². The van der Waals surface area contributed by atoms with Gasteiger partial charge in [-0.3, -0.25) is 9.69 Å².